The first kappa shape index (κ1) is 18.9. The fraction of sp³-hybridized carbons (Fsp3) is 0.154. The standard InChI is InChI=1S/C26H23NO2/c1-26(2)14-13-18(23(16-26)25(28)29)11-12-20-7-3-6-19-8-4-10-22(24(19)20)21-9-5-15-27-17-21/h3-15,17H,16H2,1-2H3,(H,28,29). The molecule has 0 amide bonds. The van der Waals surface area contributed by atoms with Gasteiger partial charge in [-0.05, 0) is 45.4 Å². The molecule has 0 aliphatic heterocycles. The summed E-state index contributed by atoms with van der Waals surface area (Å²) in [5.74, 6) is -0.851. The third-order valence-corrected chi connectivity index (χ3v) is 5.31. The van der Waals surface area contributed by atoms with Gasteiger partial charge in [0.25, 0.3) is 0 Å². The highest BCUT2D eigenvalue weighted by atomic mass is 16.4. The Hall–Kier alpha value is -3.46. The summed E-state index contributed by atoms with van der Waals surface area (Å²) in [6.45, 7) is 4.11. The minimum atomic E-state index is -0.851. The van der Waals surface area contributed by atoms with E-state index >= 15 is 0 Å². The van der Waals surface area contributed by atoms with Gasteiger partial charge in [-0.1, -0.05) is 80.6 Å². The Morgan fingerprint density at radius 3 is 2.59 bits per heavy atom. The second-order valence-electron chi connectivity index (χ2n) is 8.06. The number of aliphatic carboxylic acids is 1. The van der Waals surface area contributed by atoms with Gasteiger partial charge in [0.05, 0.1) is 0 Å². The van der Waals surface area contributed by atoms with E-state index in [0.717, 1.165) is 33.0 Å². The molecule has 0 spiro atoms. The minimum absolute atomic E-state index is 0.141. The first-order valence-corrected chi connectivity index (χ1v) is 9.70. The maximum Gasteiger partial charge on any atom is 0.332 e. The van der Waals surface area contributed by atoms with Crippen molar-refractivity contribution in [3.05, 3.63) is 95.9 Å². The Morgan fingerprint density at radius 2 is 1.86 bits per heavy atom. The molecule has 3 heteroatoms. The van der Waals surface area contributed by atoms with Crippen molar-refractivity contribution >= 4 is 22.8 Å². The van der Waals surface area contributed by atoms with E-state index in [1.807, 2.05) is 36.6 Å². The van der Waals surface area contributed by atoms with E-state index in [1.165, 1.54) is 0 Å². The van der Waals surface area contributed by atoms with E-state index in [-0.39, 0.29) is 5.41 Å². The molecule has 4 rings (SSSR count). The van der Waals surface area contributed by atoms with Crippen molar-refractivity contribution in [3.63, 3.8) is 0 Å². The average molecular weight is 381 g/mol. The van der Waals surface area contributed by atoms with Gasteiger partial charge in [0.1, 0.15) is 0 Å². The Kier molecular flexibility index (Phi) is 4.89. The molecule has 0 atom stereocenters. The summed E-state index contributed by atoms with van der Waals surface area (Å²) in [4.78, 5) is 16.0. The number of carbonyl (C=O) groups is 1. The van der Waals surface area contributed by atoms with Crippen LogP contribution in [0.2, 0.25) is 0 Å². The van der Waals surface area contributed by atoms with E-state index in [4.69, 9.17) is 0 Å². The summed E-state index contributed by atoms with van der Waals surface area (Å²) in [7, 11) is 0. The lowest BCUT2D eigenvalue weighted by Gasteiger charge is -2.25. The zero-order valence-electron chi connectivity index (χ0n) is 16.6. The smallest absolute Gasteiger partial charge is 0.332 e. The third-order valence-electron chi connectivity index (χ3n) is 5.31. The molecular formula is C26H23NO2. The highest BCUT2D eigenvalue weighted by Gasteiger charge is 2.25. The Labute approximate surface area is 170 Å². The van der Waals surface area contributed by atoms with Crippen molar-refractivity contribution in [3.8, 4) is 11.1 Å². The lowest BCUT2D eigenvalue weighted by molar-refractivity contribution is -0.133. The quantitative estimate of drug-likeness (QED) is 0.578. The number of carboxylic acids is 1. The van der Waals surface area contributed by atoms with Gasteiger partial charge >= 0.3 is 5.97 Å². The van der Waals surface area contributed by atoms with Crippen LogP contribution in [0, 0.1) is 5.41 Å². The molecule has 0 fully saturated rings. The van der Waals surface area contributed by atoms with E-state index < -0.39 is 5.97 Å². The molecule has 3 aromatic rings. The summed E-state index contributed by atoms with van der Waals surface area (Å²) >= 11 is 0. The SMILES string of the molecule is CC1(C)C=CC(C=Cc2cccc3cccc(-c4cccnc4)c23)=C(C(=O)O)C1. The Bertz CT molecular complexity index is 1160. The number of nitrogens with zero attached hydrogens (tertiary/aromatic N) is 1. The van der Waals surface area contributed by atoms with Gasteiger partial charge in [-0.2, -0.15) is 0 Å². The number of carboxylic acid groups (broad SMARTS) is 1. The topological polar surface area (TPSA) is 50.2 Å². The lowest BCUT2D eigenvalue weighted by atomic mass is 9.79. The molecule has 2 aromatic carbocycles. The van der Waals surface area contributed by atoms with Gasteiger partial charge in [-0.25, -0.2) is 4.79 Å². The molecule has 1 aliphatic carbocycles. The highest BCUT2D eigenvalue weighted by molar-refractivity contribution is 6.02. The van der Waals surface area contributed by atoms with Crippen LogP contribution in [0.15, 0.2) is 90.3 Å². The second kappa shape index (κ2) is 7.51. The number of fused-ring (bicyclic) bond motifs is 1. The number of rotatable bonds is 4. The van der Waals surface area contributed by atoms with Gasteiger partial charge in [-0.15, -0.1) is 0 Å². The molecule has 0 radical (unpaired) electrons. The van der Waals surface area contributed by atoms with Crippen molar-refractivity contribution in [1.29, 1.82) is 0 Å². The molecule has 1 heterocycles. The zero-order valence-corrected chi connectivity index (χ0v) is 16.6. The van der Waals surface area contributed by atoms with Gasteiger partial charge in [0.15, 0.2) is 0 Å². The van der Waals surface area contributed by atoms with E-state index in [9.17, 15) is 9.90 Å². The van der Waals surface area contributed by atoms with Crippen LogP contribution in [0.1, 0.15) is 25.8 Å². The summed E-state index contributed by atoms with van der Waals surface area (Å²) in [5, 5.41) is 11.9. The Morgan fingerprint density at radius 1 is 1.07 bits per heavy atom. The summed E-state index contributed by atoms with van der Waals surface area (Å²) in [5.41, 5.74) is 4.30. The molecule has 0 bridgehead atoms. The van der Waals surface area contributed by atoms with Crippen LogP contribution in [0.25, 0.3) is 28.0 Å². The summed E-state index contributed by atoms with van der Waals surface area (Å²) in [6.07, 6.45) is 12.1. The van der Waals surface area contributed by atoms with Gasteiger partial charge < -0.3 is 5.11 Å². The maximum absolute atomic E-state index is 11.8. The molecular weight excluding hydrogens is 358 g/mol. The first-order chi connectivity index (χ1) is 13.9. The molecule has 1 aromatic heterocycles. The predicted molar refractivity (Wildman–Crippen MR) is 118 cm³/mol. The molecule has 1 N–H and O–H groups in total. The first-order valence-electron chi connectivity index (χ1n) is 9.70. The van der Waals surface area contributed by atoms with E-state index in [0.29, 0.717) is 12.0 Å². The molecule has 144 valence electrons. The van der Waals surface area contributed by atoms with Crippen molar-refractivity contribution in [2.75, 3.05) is 0 Å². The van der Waals surface area contributed by atoms with Crippen molar-refractivity contribution in [1.82, 2.24) is 4.98 Å². The van der Waals surface area contributed by atoms with Crippen LogP contribution in [-0.4, -0.2) is 16.1 Å². The number of hydrogen-bond donors (Lipinski definition) is 1. The van der Waals surface area contributed by atoms with Gasteiger partial charge in [-0.3, -0.25) is 4.98 Å². The molecule has 0 unspecified atom stereocenters. The summed E-state index contributed by atoms with van der Waals surface area (Å²) < 4.78 is 0. The normalized spacial score (nSPS) is 15.9. The number of aromatic nitrogens is 1. The van der Waals surface area contributed by atoms with Crippen LogP contribution in [0.3, 0.4) is 0 Å². The number of benzene rings is 2. The van der Waals surface area contributed by atoms with Crippen LogP contribution in [0.4, 0.5) is 0 Å². The second-order valence-corrected chi connectivity index (χ2v) is 8.06. The average Bonchev–Trinajstić information content (AvgIpc) is 2.72. The van der Waals surface area contributed by atoms with Crippen LogP contribution >= 0.6 is 0 Å². The molecule has 0 saturated carbocycles. The fourth-order valence-corrected chi connectivity index (χ4v) is 3.84. The molecule has 1 aliphatic rings. The van der Waals surface area contributed by atoms with Crippen molar-refractivity contribution in [2.24, 2.45) is 5.41 Å². The zero-order chi connectivity index (χ0) is 20.4. The lowest BCUT2D eigenvalue weighted by Crippen LogP contribution is -2.17. The largest absolute Gasteiger partial charge is 0.478 e. The molecule has 3 nitrogen and oxygen atoms in total. The van der Waals surface area contributed by atoms with Crippen molar-refractivity contribution in [2.45, 2.75) is 20.3 Å². The molecule has 0 saturated heterocycles. The van der Waals surface area contributed by atoms with Crippen LogP contribution in [0.5, 0.6) is 0 Å². The Balaban J connectivity index is 1.83. The van der Waals surface area contributed by atoms with Gasteiger partial charge in [0.2, 0.25) is 0 Å². The minimum Gasteiger partial charge on any atom is -0.478 e. The number of hydrogen-bond acceptors (Lipinski definition) is 2. The van der Waals surface area contributed by atoms with Crippen LogP contribution < -0.4 is 0 Å². The summed E-state index contributed by atoms with van der Waals surface area (Å²) in [6, 6.07) is 16.4. The third kappa shape index (κ3) is 3.90. The monoisotopic (exact) mass is 381 g/mol. The predicted octanol–water partition coefficient (Wildman–Crippen LogP) is 6.28. The maximum atomic E-state index is 11.8. The molecule has 29 heavy (non-hydrogen) atoms. The highest BCUT2D eigenvalue weighted by Crippen LogP contribution is 2.35. The van der Waals surface area contributed by atoms with Crippen molar-refractivity contribution < 1.29 is 9.90 Å². The van der Waals surface area contributed by atoms with Gasteiger partial charge in [0, 0.05) is 23.5 Å². The fourth-order valence-electron chi connectivity index (χ4n) is 3.84. The van der Waals surface area contributed by atoms with E-state index in [2.05, 4.69) is 61.3 Å². The number of allylic oxidation sites excluding steroid dienone is 4. The van der Waals surface area contributed by atoms with Crippen LogP contribution in [-0.2, 0) is 4.79 Å². The van der Waals surface area contributed by atoms with E-state index in [1.54, 1.807) is 6.20 Å². The number of pyridine rings is 1.